The van der Waals surface area contributed by atoms with Crippen LogP contribution >= 0.6 is 0 Å². The monoisotopic (exact) mass is 380 g/mol. The summed E-state index contributed by atoms with van der Waals surface area (Å²) in [6, 6.07) is 3.34. The lowest BCUT2D eigenvalue weighted by molar-refractivity contribution is 0.123. The first kappa shape index (κ1) is 20.6. The molecule has 27 heavy (non-hydrogen) atoms. The Morgan fingerprint density at radius 1 is 0.926 bits per heavy atom. The van der Waals surface area contributed by atoms with Gasteiger partial charge in [0.15, 0.2) is 11.6 Å². The molecule has 2 saturated carbocycles. The number of aliphatic hydroxyl groups excluding tert-OH is 1. The Kier molecular flexibility index (Phi) is 7.51. The summed E-state index contributed by atoms with van der Waals surface area (Å²) in [6.07, 6.45) is 10.6. The first-order valence-electron chi connectivity index (χ1n) is 10.9. The Balaban J connectivity index is 1.55. The van der Waals surface area contributed by atoms with Crippen LogP contribution in [-0.2, 0) is 0 Å². The van der Waals surface area contributed by atoms with Crippen molar-refractivity contribution in [2.75, 3.05) is 13.2 Å². The van der Waals surface area contributed by atoms with Crippen LogP contribution in [0.25, 0.3) is 0 Å². The number of ether oxygens (including phenoxy) is 1. The molecule has 1 aromatic rings. The Morgan fingerprint density at radius 2 is 1.56 bits per heavy atom. The maximum absolute atomic E-state index is 14.6. The number of halogens is 2. The molecule has 4 heteroatoms. The van der Waals surface area contributed by atoms with Gasteiger partial charge in [0.05, 0.1) is 6.61 Å². The maximum atomic E-state index is 14.6. The molecule has 2 aliphatic rings. The van der Waals surface area contributed by atoms with Gasteiger partial charge in [-0.1, -0.05) is 19.4 Å². The van der Waals surface area contributed by atoms with E-state index >= 15 is 0 Å². The fraction of sp³-hybridized carbons (Fsp3) is 0.739. The predicted molar refractivity (Wildman–Crippen MR) is 104 cm³/mol. The second kappa shape index (κ2) is 9.86. The normalized spacial score (nSPS) is 28.9. The van der Waals surface area contributed by atoms with E-state index < -0.39 is 11.6 Å². The molecular weight excluding hydrogens is 346 g/mol. The Labute approximate surface area is 162 Å². The standard InChI is InChI=1S/C23H34F2O2/c1-2-3-14-27-21-13-12-20(22(24)23(21)25)19-10-8-18(9-11-19)17-6-4-16(15-26)5-7-17/h12-13,16-19,26H,2-11,14-15H2,1H3. The maximum Gasteiger partial charge on any atom is 0.200 e. The smallest absolute Gasteiger partial charge is 0.200 e. The zero-order chi connectivity index (χ0) is 19.2. The first-order valence-corrected chi connectivity index (χ1v) is 10.9. The molecule has 1 aromatic carbocycles. The summed E-state index contributed by atoms with van der Waals surface area (Å²) in [7, 11) is 0. The van der Waals surface area contributed by atoms with Crippen molar-refractivity contribution in [3.8, 4) is 5.75 Å². The Bertz CT molecular complexity index is 588. The van der Waals surface area contributed by atoms with Gasteiger partial charge in [-0.15, -0.1) is 0 Å². The summed E-state index contributed by atoms with van der Waals surface area (Å²) >= 11 is 0. The molecule has 0 aromatic heterocycles. The lowest BCUT2D eigenvalue weighted by Crippen LogP contribution is -2.26. The molecule has 152 valence electrons. The molecule has 1 N–H and O–H groups in total. The van der Waals surface area contributed by atoms with Gasteiger partial charge in [-0.25, -0.2) is 4.39 Å². The van der Waals surface area contributed by atoms with Crippen molar-refractivity contribution in [3.05, 3.63) is 29.3 Å². The minimum atomic E-state index is -0.826. The van der Waals surface area contributed by atoms with Gasteiger partial charge >= 0.3 is 0 Å². The van der Waals surface area contributed by atoms with Gasteiger partial charge in [0, 0.05) is 6.61 Å². The van der Waals surface area contributed by atoms with Crippen molar-refractivity contribution in [1.82, 2.24) is 0 Å². The molecule has 2 nitrogen and oxygen atoms in total. The Morgan fingerprint density at radius 3 is 2.15 bits per heavy atom. The highest BCUT2D eigenvalue weighted by Crippen LogP contribution is 2.44. The van der Waals surface area contributed by atoms with Crippen LogP contribution in [0.15, 0.2) is 12.1 Å². The quantitative estimate of drug-likeness (QED) is 0.569. The second-order valence-corrected chi connectivity index (χ2v) is 8.56. The van der Waals surface area contributed by atoms with Crippen LogP contribution in [-0.4, -0.2) is 18.3 Å². The van der Waals surface area contributed by atoms with Gasteiger partial charge in [0.1, 0.15) is 0 Å². The number of aliphatic hydroxyl groups is 1. The van der Waals surface area contributed by atoms with E-state index in [9.17, 15) is 13.9 Å². The molecule has 2 fully saturated rings. The predicted octanol–water partition coefficient (Wildman–Crippen LogP) is 6.22. The number of hydrogen-bond acceptors (Lipinski definition) is 2. The third-order valence-electron chi connectivity index (χ3n) is 6.86. The van der Waals surface area contributed by atoms with Crippen molar-refractivity contribution >= 4 is 0 Å². The van der Waals surface area contributed by atoms with Crippen molar-refractivity contribution in [2.24, 2.45) is 17.8 Å². The van der Waals surface area contributed by atoms with E-state index in [1.165, 1.54) is 12.8 Å². The lowest BCUT2D eigenvalue weighted by atomic mass is 9.68. The fourth-order valence-electron chi connectivity index (χ4n) is 5.04. The third-order valence-corrected chi connectivity index (χ3v) is 6.86. The molecule has 0 aliphatic heterocycles. The highest BCUT2D eigenvalue weighted by atomic mass is 19.2. The molecule has 0 unspecified atom stereocenters. The third kappa shape index (κ3) is 5.01. The average Bonchev–Trinajstić information content (AvgIpc) is 2.72. The van der Waals surface area contributed by atoms with E-state index in [0.29, 0.717) is 30.6 Å². The Hall–Kier alpha value is -1.16. The molecule has 0 radical (unpaired) electrons. The summed E-state index contributed by atoms with van der Waals surface area (Å²) < 4.78 is 34.4. The number of unbranched alkanes of at least 4 members (excludes halogenated alkanes) is 1. The minimum absolute atomic E-state index is 0.0408. The summed E-state index contributed by atoms with van der Waals surface area (Å²) in [4.78, 5) is 0. The van der Waals surface area contributed by atoms with Gasteiger partial charge in [-0.3, -0.25) is 0 Å². The van der Waals surface area contributed by atoms with Gasteiger partial charge in [-0.2, -0.15) is 4.39 Å². The summed E-state index contributed by atoms with van der Waals surface area (Å²) in [5.74, 6) is 0.583. The summed E-state index contributed by atoms with van der Waals surface area (Å²) in [5.41, 5.74) is 0.526. The van der Waals surface area contributed by atoms with Gasteiger partial charge < -0.3 is 9.84 Å². The zero-order valence-corrected chi connectivity index (χ0v) is 16.6. The van der Waals surface area contributed by atoms with Crippen molar-refractivity contribution in [3.63, 3.8) is 0 Å². The fourth-order valence-corrected chi connectivity index (χ4v) is 5.04. The van der Waals surface area contributed by atoms with Crippen molar-refractivity contribution in [2.45, 2.75) is 77.0 Å². The van der Waals surface area contributed by atoms with Gasteiger partial charge in [0.2, 0.25) is 5.82 Å². The average molecular weight is 381 g/mol. The van der Waals surface area contributed by atoms with E-state index in [-0.39, 0.29) is 11.7 Å². The summed E-state index contributed by atoms with van der Waals surface area (Å²) in [6.45, 7) is 2.79. The lowest BCUT2D eigenvalue weighted by Gasteiger charge is -2.37. The van der Waals surface area contributed by atoms with Crippen LogP contribution in [0.3, 0.4) is 0 Å². The molecular formula is C23H34F2O2. The largest absolute Gasteiger partial charge is 0.490 e. The SMILES string of the molecule is CCCCOc1ccc(C2CCC(C3CCC(CO)CC3)CC2)c(F)c1F. The van der Waals surface area contributed by atoms with E-state index in [1.807, 2.05) is 6.92 Å². The minimum Gasteiger partial charge on any atom is -0.490 e. The van der Waals surface area contributed by atoms with Gasteiger partial charge in [-0.05, 0) is 93.1 Å². The summed E-state index contributed by atoms with van der Waals surface area (Å²) in [5, 5.41) is 9.30. The molecule has 0 bridgehead atoms. The first-order chi connectivity index (χ1) is 13.1. The number of hydrogen-bond donors (Lipinski definition) is 1. The van der Waals surface area contributed by atoms with E-state index in [2.05, 4.69) is 0 Å². The zero-order valence-electron chi connectivity index (χ0n) is 16.6. The van der Waals surface area contributed by atoms with Crippen LogP contribution in [0.2, 0.25) is 0 Å². The highest BCUT2D eigenvalue weighted by Gasteiger charge is 2.32. The van der Waals surface area contributed by atoms with Crippen LogP contribution in [0.4, 0.5) is 8.78 Å². The molecule has 3 rings (SSSR count). The molecule has 0 heterocycles. The van der Waals surface area contributed by atoms with Crippen LogP contribution in [0.5, 0.6) is 5.75 Å². The van der Waals surface area contributed by atoms with E-state index in [0.717, 1.165) is 57.3 Å². The molecule has 0 atom stereocenters. The molecule has 0 saturated heterocycles. The van der Waals surface area contributed by atoms with Crippen molar-refractivity contribution in [1.29, 1.82) is 0 Å². The van der Waals surface area contributed by atoms with E-state index in [1.54, 1.807) is 12.1 Å². The van der Waals surface area contributed by atoms with Crippen LogP contribution < -0.4 is 4.74 Å². The molecule has 2 aliphatic carbocycles. The van der Waals surface area contributed by atoms with Crippen molar-refractivity contribution < 1.29 is 18.6 Å². The highest BCUT2D eigenvalue weighted by molar-refractivity contribution is 5.33. The molecule has 0 amide bonds. The topological polar surface area (TPSA) is 29.5 Å². The van der Waals surface area contributed by atoms with Gasteiger partial charge in [0.25, 0.3) is 0 Å². The van der Waals surface area contributed by atoms with Crippen LogP contribution in [0, 0.1) is 29.4 Å². The number of benzene rings is 1. The number of rotatable bonds is 7. The second-order valence-electron chi connectivity index (χ2n) is 8.56. The van der Waals surface area contributed by atoms with E-state index in [4.69, 9.17) is 4.74 Å². The van der Waals surface area contributed by atoms with Crippen LogP contribution in [0.1, 0.15) is 82.6 Å². The molecule has 0 spiro atoms.